The van der Waals surface area contributed by atoms with Gasteiger partial charge in [-0.25, -0.2) is 0 Å². The van der Waals surface area contributed by atoms with Gasteiger partial charge >= 0.3 is 0 Å². The molecule has 3 atom stereocenters. The standard InChI is InChI=1S/C28H31Br2ClN2O2/c29-20-12-19-2-1-18-13-21(31)14-24(30)26(18)27(28(19)32-15-20)17-5-7-33(8-6-17)25(34)11-16-9-22-3-4-23(10-16)35-22/h12-17,22-23,27H,1-11H2/t16?,22?,23?,27-/m1/s1. The van der Waals surface area contributed by atoms with Gasteiger partial charge in [0.1, 0.15) is 0 Å². The highest BCUT2D eigenvalue weighted by molar-refractivity contribution is 9.10. The lowest BCUT2D eigenvalue weighted by atomic mass is 9.76. The van der Waals surface area contributed by atoms with E-state index >= 15 is 0 Å². The van der Waals surface area contributed by atoms with Gasteiger partial charge in [0.25, 0.3) is 0 Å². The maximum atomic E-state index is 13.2. The van der Waals surface area contributed by atoms with E-state index in [1.807, 2.05) is 12.3 Å². The van der Waals surface area contributed by atoms with Gasteiger partial charge in [-0.05, 0) is 114 Å². The molecule has 0 radical (unpaired) electrons. The fourth-order valence-corrected chi connectivity index (χ4v) is 8.52. The number of ether oxygens (including phenoxy) is 1. The summed E-state index contributed by atoms with van der Waals surface area (Å²) in [6.45, 7) is 1.67. The highest BCUT2D eigenvalue weighted by Gasteiger charge is 2.38. The molecule has 2 aromatic rings. The lowest BCUT2D eigenvalue weighted by molar-refractivity contribution is -0.135. The van der Waals surface area contributed by atoms with Crippen molar-refractivity contribution in [1.29, 1.82) is 0 Å². The minimum absolute atomic E-state index is 0.214. The molecule has 3 saturated heterocycles. The monoisotopic (exact) mass is 620 g/mol. The SMILES string of the molecule is O=C(CC1CC2CCC(C1)O2)N1CCC([C@H]2c3ncc(Br)cc3CCc3cc(Cl)cc(Br)c32)CC1. The fourth-order valence-electron chi connectivity index (χ4n) is 7.02. The Morgan fingerprint density at radius 2 is 1.74 bits per heavy atom. The van der Waals surface area contributed by atoms with E-state index in [1.165, 1.54) is 35.2 Å². The van der Waals surface area contributed by atoms with Crippen LogP contribution in [0, 0.1) is 11.8 Å². The second-order valence-corrected chi connectivity index (χ2v) is 13.1. The Bertz CT molecular complexity index is 1120. The average Bonchev–Trinajstić information content (AvgIpc) is 3.08. The first-order chi connectivity index (χ1) is 16.9. The molecule has 186 valence electrons. The van der Waals surface area contributed by atoms with E-state index in [-0.39, 0.29) is 5.92 Å². The zero-order chi connectivity index (χ0) is 24.1. The van der Waals surface area contributed by atoms with Crippen molar-refractivity contribution in [2.45, 2.75) is 75.9 Å². The molecule has 35 heavy (non-hydrogen) atoms. The van der Waals surface area contributed by atoms with E-state index in [2.05, 4.69) is 48.9 Å². The number of rotatable bonds is 3. The van der Waals surface area contributed by atoms with Gasteiger partial charge < -0.3 is 9.64 Å². The highest BCUT2D eigenvalue weighted by atomic mass is 79.9. The molecular formula is C28H31Br2ClN2O2. The number of carbonyl (C=O) groups excluding carboxylic acids is 1. The Balaban J connectivity index is 1.21. The summed E-state index contributed by atoms with van der Waals surface area (Å²) < 4.78 is 8.09. The summed E-state index contributed by atoms with van der Waals surface area (Å²) in [6.07, 6.45) is 11.8. The van der Waals surface area contributed by atoms with Gasteiger partial charge in [0.15, 0.2) is 0 Å². The first-order valence-corrected chi connectivity index (χ1v) is 15.0. The highest BCUT2D eigenvalue weighted by Crippen LogP contribution is 2.46. The molecule has 1 amide bonds. The van der Waals surface area contributed by atoms with Gasteiger partial charge in [-0.1, -0.05) is 27.5 Å². The van der Waals surface area contributed by atoms with Crippen molar-refractivity contribution >= 4 is 49.4 Å². The molecule has 3 fully saturated rings. The van der Waals surface area contributed by atoms with Crippen LogP contribution in [0.15, 0.2) is 33.3 Å². The van der Waals surface area contributed by atoms with E-state index in [0.717, 1.165) is 65.6 Å². The van der Waals surface area contributed by atoms with Gasteiger partial charge in [-0.2, -0.15) is 0 Å². The maximum absolute atomic E-state index is 13.2. The van der Waals surface area contributed by atoms with Crippen LogP contribution in [0.1, 0.15) is 73.2 Å². The molecule has 2 bridgehead atoms. The van der Waals surface area contributed by atoms with Gasteiger partial charge in [0, 0.05) is 45.6 Å². The van der Waals surface area contributed by atoms with E-state index in [1.54, 1.807) is 0 Å². The largest absolute Gasteiger partial charge is 0.375 e. The molecule has 0 spiro atoms. The predicted octanol–water partition coefficient (Wildman–Crippen LogP) is 7.08. The number of halogens is 3. The summed E-state index contributed by atoms with van der Waals surface area (Å²) in [4.78, 5) is 20.3. The van der Waals surface area contributed by atoms with E-state index in [0.29, 0.717) is 36.4 Å². The van der Waals surface area contributed by atoms with Crippen molar-refractivity contribution < 1.29 is 9.53 Å². The lowest BCUT2D eigenvalue weighted by Gasteiger charge is -2.38. The second-order valence-electron chi connectivity index (χ2n) is 10.9. The summed E-state index contributed by atoms with van der Waals surface area (Å²) in [7, 11) is 0. The number of likely N-dealkylation sites (tertiary alicyclic amines) is 1. The number of piperidine rings is 1. The quantitative estimate of drug-likeness (QED) is 0.368. The number of carbonyl (C=O) groups is 1. The Hall–Kier alpha value is -0.950. The second kappa shape index (κ2) is 10.1. The molecule has 4 nitrogen and oxygen atoms in total. The molecule has 3 aliphatic heterocycles. The molecule has 4 aliphatic rings. The Kier molecular flexibility index (Phi) is 7.02. The van der Waals surface area contributed by atoms with Crippen LogP contribution in [0.3, 0.4) is 0 Å². The molecule has 0 saturated carbocycles. The van der Waals surface area contributed by atoms with Crippen molar-refractivity contribution in [3.63, 3.8) is 0 Å². The van der Waals surface area contributed by atoms with Crippen LogP contribution in [-0.2, 0) is 22.4 Å². The minimum Gasteiger partial charge on any atom is -0.375 e. The number of fused-ring (bicyclic) bond motifs is 4. The molecule has 2 unspecified atom stereocenters. The zero-order valence-electron chi connectivity index (χ0n) is 19.8. The summed E-state index contributed by atoms with van der Waals surface area (Å²) in [5, 5.41) is 0.774. The number of benzene rings is 1. The number of aromatic nitrogens is 1. The van der Waals surface area contributed by atoms with Crippen molar-refractivity contribution in [1.82, 2.24) is 9.88 Å². The Morgan fingerprint density at radius 1 is 1.03 bits per heavy atom. The number of hydrogen-bond donors (Lipinski definition) is 0. The number of nitrogens with zero attached hydrogens (tertiary/aromatic N) is 2. The van der Waals surface area contributed by atoms with Crippen molar-refractivity contribution in [2.75, 3.05) is 13.1 Å². The molecule has 0 N–H and O–H groups in total. The molecule has 6 rings (SSSR count). The topological polar surface area (TPSA) is 42.4 Å². The number of hydrogen-bond acceptors (Lipinski definition) is 3. The average molecular weight is 623 g/mol. The smallest absolute Gasteiger partial charge is 0.222 e. The van der Waals surface area contributed by atoms with Crippen LogP contribution >= 0.6 is 43.5 Å². The summed E-state index contributed by atoms with van der Waals surface area (Å²) in [5.41, 5.74) is 5.16. The van der Waals surface area contributed by atoms with Crippen LogP contribution in [0.25, 0.3) is 0 Å². The minimum atomic E-state index is 0.214. The summed E-state index contributed by atoms with van der Waals surface area (Å²) in [5.74, 6) is 1.49. The van der Waals surface area contributed by atoms with Crippen LogP contribution in [0.4, 0.5) is 0 Å². The van der Waals surface area contributed by atoms with Gasteiger partial charge in [0.2, 0.25) is 5.91 Å². The van der Waals surface area contributed by atoms with Crippen LogP contribution in [-0.4, -0.2) is 41.1 Å². The van der Waals surface area contributed by atoms with Crippen LogP contribution in [0.5, 0.6) is 0 Å². The summed E-state index contributed by atoms with van der Waals surface area (Å²) in [6, 6.07) is 6.39. The van der Waals surface area contributed by atoms with Crippen molar-refractivity contribution in [3.8, 4) is 0 Å². The van der Waals surface area contributed by atoms with Crippen LogP contribution < -0.4 is 0 Å². The first kappa shape index (κ1) is 24.4. The molecule has 7 heteroatoms. The number of amides is 1. The van der Waals surface area contributed by atoms with Gasteiger partial charge in [-0.3, -0.25) is 9.78 Å². The number of aryl methyl sites for hydroxylation is 2. The van der Waals surface area contributed by atoms with E-state index in [4.69, 9.17) is 21.3 Å². The molecule has 1 aliphatic carbocycles. The van der Waals surface area contributed by atoms with Crippen molar-refractivity contribution in [3.05, 3.63) is 60.7 Å². The molecule has 1 aromatic carbocycles. The Morgan fingerprint density at radius 3 is 2.49 bits per heavy atom. The maximum Gasteiger partial charge on any atom is 0.222 e. The predicted molar refractivity (Wildman–Crippen MR) is 145 cm³/mol. The Labute approximate surface area is 229 Å². The fraction of sp³-hybridized carbons (Fsp3) is 0.571. The lowest BCUT2D eigenvalue weighted by Crippen LogP contribution is -2.41. The third-order valence-corrected chi connectivity index (χ3v) is 9.94. The molecular weight excluding hydrogens is 592 g/mol. The zero-order valence-corrected chi connectivity index (χ0v) is 23.7. The normalized spacial score (nSPS) is 28.4. The third-order valence-electron chi connectivity index (χ3n) is 8.63. The van der Waals surface area contributed by atoms with E-state index < -0.39 is 0 Å². The van der Waals surface area contributed by atoms with E-state index in [9.17, 15) is 4.79 Å². The van der Waals surface area contributed by atoms with Crippen molar-refractivity contribution in [2.24, 2.45) is 11.8 Å². The first-order valence-electron chi connectivity index (χ1n) is 13.0. The van der Waals surface area contributed by atoms with Crippen LogP contribution in [0.2, 0.25) is 5.02 Å². The molecule has 4 heterocycles. The van der Waals surface area contributed by atoms with Gasteiger partial charge in [-0.15, -0.1) is 0 Å². The third kappa shape index (κ3) is 4.97. The summed E-state index contributed by atoms with van der Waals surface area (Å²) >= 11 is 13.9. The van der Waals surface area contributed by atoms with Gasteiger partial charge in [0.05, 0.1) is 17.9 Å². The molecule has 1 aromatic heterocycles. The number of pyridine rings is 1.